The van der Waals surface area contributed by atoms with Gasteiger partial charge in [0.25, 0.3) is 0 Å². The van der Waals surface area contributed by atoms with Crippen molar-refractivity contribution < 1.29 is 18.7 Å². The largest absolute Gasteiger partial charge is 0.508 e. The molecule has 5 rings (SSSR count). The van der Waals surface area contributed by atoms with Crippen molar-refractivity contribution in [3.8, 4) is 16.2 Å². The Labute approximate surface area is 240 Å². The standard InChI is InChI=1S/C33H30F2N2O3S/c1-20(2)30(39)26-19-37(18-24-27(34)10-7-11-28(24)35)33-29(31(26)40)25(17-36(3)16-21-8-5-4-6-9-21)32(41-33)22-12-14-23(38)15-13-22/h4-15,19-20,38H,16-18H2,1-3H3. The van der Waals surface area contributed by atoms with Crippen LogP contribution < -0.4 is 5.43 Å². The molecule has 210 valence electrons. The predicted octanol–water partition coefficient (Wildman–Crippen LogP) is 7.23. The first kappa shape index (κ1) is 28.4. The minimum absolute atomic E-state index is 0.00809. The van der Waals surface area contributed by atoms with Crippen molar-refractivity contribution in [1.29, 1.82) is 0 Å². The van der Waals surface area contributed by atoms with Crippen LogP contribution in [0.3, 0.4) is 0 Å². The van der Waals surface area contributed by atoms with Crippen LogP contribution in [0.1, 0.15) is 40.9 Å². The molecule has 3 aromatic carbocycles. The van der Waals surface area contributed by atoms with E-state index in [-0.39, 0.29) is 29.2 Å². The molecule has 2 aromatic heterocycles. The van der Waals surface area contributed by atoms with Crippen LogP contribution in [0.25, 0.3) is 20.7 Å². The lowest BCUT2D eigenvalue weighted by Crippen LogP contribution is -2.24. The molecule has 1 N–H and O–H groups in total. The summed E-state index contributed by atoms with van der Waals surface area (Å²) in [5, 5.41) is 10.3. The molecule has 2 heterocycles. The van der Waals surface area contributed by atoms with Gasteiger partial charge in [-0.05, 0) is 60.1 Å². The van der Waals surface area contributed by atoms with Gasteiger partial charge in [0, 0.05) is 35.6 Å². The number of thiophene rings is 1. The first-order chi connectivity index (χ1) is 19.6. The van der Waals surface area contributed by atoms with Crippen LogP contribution in [0.2, 0.25) is 0 Å². The zero-order valence-electron chi connectivity index (χ0n) is 23.0. The van der Waals surface area contributed by atoms with Gasteiger partial charge in [0.2, 0.25) is 5.43 Å². The molecule has 0 atom stereocenters. The minimum Gasteiger partial charge on any atom is -0.508 e. The fourth-order valence-electron chi connectivity index (χ4n) is 4.97. The fraction of sp³-hybridized carbons (Fsp3) is 0.212. The maximum atomic E-state index is 14.8. The van der Waals surface area contributed by atoms with Gasteiger partial charge in [0.15, 0.2) is 5.78 Å². The Hall–Kier alpha value is -4.14. The van der Waals surface area contributed by atoms with Crippen molar-refractivity contribution in [1.82, 2.24) is 9.47 Å². The monoisotopic (exact) mass is 572 g/mol. The molecule has 0 amide bonds. The summed E-state index contributed by atoms with van der Waals surface area (Å²) in [6, 6.07) is 20.3. The lowest BCUT2D eigenvalue weighted by molar-refractivity contribution is 0.0937. The minimum atomic E-state index is -0.702. The van der Waals surface area contributed by atoms with Crippen LogP contribution >= 0.6 is 11.3 Å². The predicted molar refractivity (Wildman–Crippen MR) is 159 cm³/mol. The van der Waals surface area contributed by atoms with E-state index in [2.05, 4.69) is 4.90 Å². The van der Waals surface area contributed by atoms with E-state index in [1.54, 1.807) is 42.7 Å². The van der Waals surface area contributed by atoms with Gasteiger partial charge >= 0.3 is 0 Å². The highest BCUT2D eigenvalue weighted by molar-refractivity contribution is 7.22. The number of Topliss-reactive ketones (excluding diaryl/α,β-unsaturated/α-hetero) is 1. The number of phenolic OH excluding ortho intramolecular Hbond substituents is 1. The maximum Gasteiger partial charge on any atom is 0.201 e. The fourth-order valence-corrected chi connectivity index (χ4v) is 6.26. The molecular weight excluding hydrogens is 542 g/mol. The molecule has 0 aliphatic heterocycles. The third-order valence-corrected chi connectivity index (χ3v) is 8.36. The van der Waals surface area contributed by atoms with Gasteiger partial charge in [-0.15, -0.1) is 11.3 Å². The highest BCUT2D eigenvalue weighted by atomic mass is 32.1. The summed E-state index contributed by atoms with van der Waals surface area (Å²) in [6.45, 7) is 4.25. The summed E-state index contributed by atoms with van der Waals surface area (Å²) < 4.78 is 31.1. The Kier molecular flexibility index (Phi) is 8.15. The Bertz CT molecular complexity index is 1760. The topological polar surface area (TPSA) is 62.5 Å². The molecule has 0 aliphatic carbocycles. The Morgan fingerprint density at radius 1 is 0.927 bits per heavy atom. The van der Waals surface area contributed by atoms with E-state index in [9.17, 15) is 23.5 Å². The first-order valence-electron chi connectivity index (χ1n) is 13.3. The number of phenols is 1. The summed E-state index contributed by atoms with van der Waals surface area (Å²) in [5.74, 6) is -2.07. The zero-order chi connectivity index (χ0) is 29.3. The molecule has 0 fully saturated rings. The molecule has 0 saturated carbocycles. The molecule has 0 bridgehead atoms. The smallest absolute Gasteiger partial charge is 0.201 e. The maximum absolute atomic E-state index is 14.8. The second-order valence-corrected chi connectivity index (χ2v) is 11.5. The highest BCUT2D eigenvalue weighted by Crippen LogP contribution is 2.39. The van der Waals surface area contributed by atoms with Crippen molar-refractivity contribution in [2.75, 3.05) is 7.05 Å². The van der Waals surface area contributed by atoms with Crippen molar-refractivity contribution in [2.45, 2.75) is 33.5 Å². The van der Waals surface area contributed by atoms with Crippen LogP contribution in [0.4, 0.5) is 8.78 Å². The molecule has 0 spiro atoms. The van der Waals surface area contributed by atoms with Crippen molar-refractivity contribution in [3.05, 3.63) is 123 Å². The summed E-state index contributed by atoms with van der Waals surface area (Å²) in [6.07, 6.45) is 1.44. The number of aromatic hydroxyl groups is 1. The van der Waals surface area contributed by atoms with E-state index in [4.69, 9.17) is 0 Å². The molecule has 0 aliphatic rings. The van der Waals surface area contributed by atoms with Gasteiger partial charge in [0.1, 0.15) is 22.2 Å². The van der Waals surface area contributed by atoms with Crippen LogP contribution in [0, 0.1) is 17.6 Å². The number of carbonyl (C=O) groups is 1. The molecule has 0 radical (unpaired) electrons. The lowest BCUT2D eigenvalue weighted by atomic mass is 9.99. The van der Waals surface area contributed by atoms with Crippen LogP contribution in [0.15, 0.2) is 83.8 Å². The van der Waals surface area contributed by atoms with Gasteiger partial charge in [-0.3, -0.25) is 14.5 Å². The summed E-state index contributed by atoms with van der Waals surface area (Å²) >= 11 is 1.33. The van der Waals surface area contributed by atoms with E-state index in [0.717, 1.165) is 21.6 Å². The molecule has 5 nitrogen and oxygen atoms in total. The highest BCUT2D eigenvalue weighted by Gasteiger charge is 2.26. The number of nitrogens with zero attached hydrogens (tertiary/aromatic N) is 2. The molecule has 5 aromatic rings. The van der Waals surface area contributed by atoms with Crippen LogP contribution in [-0.2, 0) is 19.6 Å². The zero-order valence-corrected chi connectivity index (χ0v) is 23.8. The van der Waals surface area contributed by atoms with Crippen LogP contribution in [0.5, 0.6) is 5.75 Å². The van der Waals surface area contributed by atoms with E-state index < -0.39 is 23.0 Å². The number of carbonyl (C=O) groups excluding carboxylic acids is 1. The van der Waals surface area contributed by atoms with E-state index >= 15 is 0 Å². The molecule has 8 heteroatoms. The number of halogens is 2. The average Bonchev–Trinajstić information content (AvgIpc) is 3.32. The molecule has 41 heavy (non-hydrogen) atoms. The van der Waals surface area contributed by atoms with Gasteiger partial charge in [-0.1, -0.05) is 50.2 Å². The SMILES string of the molecule is CC(C)C(=O)c1cn(Cc2c(F)cccc2F)c2sc(-c3ccc(O)cc3)c(CN(C)Cc3ccccc3)c2c1=O. The van der Waals surface area contributed by atoms with Gasteiger partial charge in [-0.2, -0.15) is 0 Å². The van der Waals surface area contributed by atoms with Crippen molar-refractivity contribution in [2.24, 2.45) is 5.92 Å². The quantitative estimate of drug-likeness (QED) is 0.189. The van der Waals surface area contributed by atoms with Gasteiger partial charge in [-0.25, -0.2) is 8.78 Å². The van der Waals surface area contributed by atoms with Crippen molar-refractivity contribution >= 4 is 27.3 Å². The van der Waals surface area contributed by atoms with Crippen molar-refractivity contribution in [3.63, 3.8) is 0 Å². The molecule has 0 unspecified atom stereocenters. The number of ketones is 1. The number of fused-ring (bicyclic) bond motifs is 1. The van der Waals surface area contributed by atoms with E-state index in [0.29, 0.717) is 23.3 Å². The normalized spacial score (nSPS) is 11.6. The van der Waals surface area contributed by atoms with E-state index in [1.165, 1.54) is 35.7 Å². The Morgan fingerprint density at radius 2 is 1.59 bits per heavy atom. The number of pyridine rings is 1. The van der Waals surface area contributed by atoms with Gasteiger partial charge in [0.05, 0.1) is 17.5 Å². The number of hydrogen-bond donors (Lipinski definition) is 1. The first-order valence-corrected chi connectivity index (χ1v) is 14.1. The number of benzene rings is 3. The van der Waals surface area contributed by atoms with Crippen LogP contribution in [-0.4, -0.2) is 27.4 Å². The van der Waals surface area contributed by atoms with Gasteiger partial charge < -0.3 is 9.67 Å². The third kappa shape index (κ3) is 5.85. The summed E-state index contributed by atoms with van der Waals surface area (Å²) in [4.78, 5) is 30.7. The Balaban J connectivity index is 1.76. The van der Waals surface area contributed by atoms with E-state index in [1.807, 2.05) is 37.4 Å². The molecular formula is C33H30F2N2O3S. The summed E-state index contributed by atoms with van der Waals surface area (Å²) in [7, 11) is 1.95. The number of rotatable bonds is 9. The Morgan fingerprint density at radius 3 is 2.22 bits per heavy atom. The number of aromatic nitrogens is 1. The number of hydrogen-bond acceptors (Lipinski definition) is 5. The average molecular weight is 573 g/mol. The second-order valence-electron chi connectivity index (χ2n) is 10.5. The second kappa shape index (κ2) is 11.8. The lowest BCUT2D eigenvalue weighted by Gasteiger charge is -2.18. The molecule has 0 saturated heterocycles. The third-order valence-electron chi connectivity index (χ3n) is 7.04. The summed E-state index contributed by atoms with van der Waals surface area (Å²) in [5.41, 5.74) is 2.05.